The van der Waals surface area contributed by atoms with Gasteiger partial charge in [-0.2, -0.15) is 8.78 Å². The van der Waals surface area contributed by atoms with Gasteiger partial charge in [0, 0.05) is 11.6 Å². The predicted molar refractivity (Wildman–Crippen MR) is 58.4 cm³/mol. The fraction of sp³-hybridized carbons (Fsp3) is 0.100. The molecular weight excluding hydrogens is 259 g/mol. The molecule has 0 saturated heterocycles. The van der Waals surface area contributed by atoms with Crippen molar-refractivity contribution in [1.82, 2.24) is 4.98 Å². The molecule has 0 N–H and O–H groups in total. The molecule has 1 aromatic carbocycles. The average molecular weight is 264 g/mol. The van der Waals surface area contributed by atoms with E-state index in [1.54, 1.807) is 12.1 Å². The highest BCUT2D eigenvalue weighted by Crippen LogP contribution is 2.33. The topological polar surface area (TPSA) is 22.1 Å². The highest BCUT2D eigenvalue weighted by molar-refractivity contribution is 6.45. The Labute approximate surface area is 99.7 Å². The lowest BCUT2D eigenvalue weighted by atomic mass is 10.2. The number of aromatic nitrogens is 1. The molecule has 16 heavy (non-hydrogen) atoms. The van der Waals surface area contributed by atoms with Gasteiger partial charge in [-0.05, 0) is 6.07 Å². The second-order valence-electron chi connectivity index (χ2n) is 2.95. The van der Waals surface area contributed by atoms with Crippen LogP contribution in [-0.4, -0.2) is 11.6 Å². The average Bonchev–Trinajstić information content (AvgIpc) is 2.23. The number of fused-ring (bicyclic) bond motifs is 1. The second kappa shape index (κ2) is 4.39. The molecule has 0 aliphatic rings. The Kier molecular flexibility index (Phi) is 3.12. The van der Waals surface area contributed by atoms with Crippen LogP contribution in [0.3, 0.4) is 0 Å². The molecule has 0 bridgehead atoms. The van der Waals surface area contributed by atoms with Crippen molar-refractivity contribution >= 4 is 34.1 Å². The molecule has 0 fully saturated rings. The van der Waals surface area contributed by atoms with Gasteiger partial charge in [0.25, 0.3) is 0 Å². The quantitative estimate of drug-likeness (QED) is 0.813. The van der Waals surface area contributed by atoms with Crippen molar-refractivity contribution in [2.45, 2.75) is 6.61 Å². The number of benzene rings is 1. The van der Waals surface area contributed by atoms with Crippen molar-refractivity contribution in [3.63, 3.8) is 0 Å². The predicted octanol–water partition coefficient (Wildman–Crippen LogP) is 4.14. The fourth-order valence-electron chi connectivity index (χ4n) is 1.33. The van der Waals surface area contributed by atoms with Crippen molar-refractivity contribution in [2.24, 2.45) is 0 Å². The molecule has 0 saturated carbocycles. The molecule has 2 nitrogen and oxygen atoms in total. The monoisotopic (exact) mass is 263 g/mol. The van der Waals surface area contributed by atoms with Gasteiger partial charge >= 0.3 is 6.61 Å². The van der Waals surface area contributed by atoms with Gasteiger partial charge in [-0.3, -0.25) is 4.98 Å². The zero-order chi connectivity index (χ0) is 11.7. The molecule has 0 aliphatic heterocycles. The van der Waals surface area contributed by atoms with Crippen molar-refractivity contribution < 1.29 is 13.5 Å². The first-order valence-corrected chi connectivity index (χ1v) is 5.02. The van der Waals surface area contributed by atoms with E-state index in [0.717, 1.165) is 0 Å². The van der Waals surface area contributed by atoms with Crippen molar-refractivity contribution in [3.8, 4) is 5.75 Å². The number of hydrogen-bond donors (Lipinski definition) is 0. The van der Waals surface area contributed by atoms with Gasteiger partial charge in [0.15, 0.2) is 5.75 Å². The number of nitrogens with zero attached hydrogens (tertiary/aromatic N) is 1. The molecule has 84 valence electrons. The summed E-state index contributed by atoms with van der Waals surface area (Å²) in [6.45, 7) is -2.90. The minimum atomic E-state index is -2.90. The normalized spacial score (nSPS) is 11.1. The maximum Gasteiger partial charge on any atom is 0.387 e. The Morgan fingerprint density at radius 1 is 1.25 bits per heavy atom. The Balaban J connectivity index is 2.65. The van der Waals surface area contributed by atoms with Gasteiger partial charge in [0.1, 0.15) is 5.52 Å². The molecule has 1 aromatic heterocycles. The fourth-order valence-corrected chi connectivity index (χ4v) is 1.68. The van der Waals surface area contributed by atoms with Crippen molar-refractivity contribution in [2.75, 3.05) is 0 Å². The van der Waals surface area contributed by atoms with E-state index in [1.807, 2.05) is 0 Å². The van der Waals surface area contributed by atoms with Crippen LogP contribution in [0, 0.1) is 0 Å². The molecule has 6 heteroatoms. The van der Waals surface area contributed by atoms with Crippen LogP contribution < -0.4 is 4.74 Å². The molecule has 0 aliphatic carbocycles. The first-order valence-electron chi connectivity index (χ1n) is 4.27. The SMILES string of the molecule is FC(F)Oc1cccc2c(Cl)c(Cl)cnc12. The lowest BCUT2D eigenvalue weighted by Gasteiger charge is -2.08. The number of ether oxygens (including phenoxy) is 1. The van der Waals surface area contributed by atoms with Crippen molar-refractivity contribution in [3.05, 3.63) is 34.4 Å². The van der Waals surface area contributed by atoms with E-state index in [0.29, 0.717) is 5.39 Å². The third kappa shape index (κ3) is 2.03. The van der Waals surface area contributed by atoms with Gasteiger partial charge in [0.05, 0.1) is 10.0 Å². The maximum atomic E-state index is 12.1. The molecule has 0 atom stereocenters. The third-order valence-electron chi connectivity index (χ3n) is 1.97. The van der Waals surface area contributed by atoms with E-state index in [-0.39, 0.29) is 21.3 Å². The van der Waals surface area contributed by atoms with Gasteiger partial charge in [-0.1, -0.05) is 35.3 Å². The van der Waals surface area contributed by atoms with Crippen LogP contribution in [0.4, 0.5) is 8.78 Å². The second-order valence-corrected chi connectivity index (χ2v) is 3.74. The van der Waals surface area contributed by atoms with Crippen LogP contribution in [0.15, 0.2) is 24.4 Å². The van der Waals surface area contributed by atoms with Crippen LogP contribution in [0.5, 0.6) is 5.75 Å². The van der Waals surface area contributed by atoms with Crippen molar-refractivity contribution in [1.29, 1.82) is 0 Å². The van der Waals surface area contributed by atoms with Crippen LogP contribution in [0.1, 0.15) is 0 Å². The number of para-hydroxylation sites is 1. The summed E-state index contributed by atoms with van der Waals surface area (Å²) in [5.41, 5.74) is 0.261. The molecule has 0 unspecified atom stereocenters. The number of rotatable bonds is 2. The van der Waals surface area contributed by atoms with E-state index in [9.17, 15) is 8.78 Å². The zero-order valence-corrected chi connectivity index (χ0v) is 9.27. The summed E-state index contributed by atoms with van der Waals surface area (Å²) in [5.74, 6) is -0.0222. The van der Waals surface area contributed by atoms with Crippen LogP contribution in [-0.2, 0) is 0 Å². The first kappa shape index (κ1) is 11.4. The van der Waals surface area contributed by atoms with E-state index in [4.69, 9.17) is 23.2 Å². The summed E-state index contributed by atoms with van der Waals surface area (Å²) in [4.78, 5) is 3.92. The summed E-state index contributed by atoms with van der Waals surface area (Å²) in [6.07, 6.45) is 1.30. The van der Waals surface area contributed by atoms with E-state index >= 15 is 0 Å². The third-order valence-corrected chi connectivity index (χ3v) is 2.76. The molecule has 1 heterocycles. The van der Waals surface area contributed by atoms with Crippen LogP contribution >= 0.6 is 23.2 Å². The summed E-state index contributed by atoms with van der Waals surface area (Å²) >= 11 is 11.7. The highest BCUT2D eigenvalue weighted by atomic mass is 35.5. The summed E-state index contributed by atoms with van der Waals surface area (Å²) in [7, 11) is 0. The summed E-state index contributed by atoms with van der Waals surface area (Å²) in [6, 6.07) is 4.57. The Bertz CT molecular complexity index is 533. The van der Waals surface area contributed by atoms with Gasteiger partial charge in [-0.25, -0.2) is 0 Å². The molecule has 0 radical (unpaired) electrons. The standard InChI is InChI=1S/C10H5Cl2F2NO/c11-6-4-15-9-5(8(6)12)2-1-3-7(9)16-10(13)14/h1-4,10H. The van der Waals surface area contributed by atoms with Crippen LogP contribution in [0.25, 0.3) is 10.9 Å². The minimum Gasteiger partial charge on any atom is -0.432 e. The largest absolute Gasteiger partial charge is 0.432 e. The molecule has 2 aromatic rings. The molecule has 0 amide bonds. The molecular formula is C10H5Cl2F2NO. The lowest BCUT2D eigenvalue weighted by Crippen LogP contribution is -2.02. The Hall–Kier alpha value is -1.13. The first-order chi connectivity index (χ1) is 7.59. The number of alkyl halides is 2. The van der Waals surface area contributed by atoms with Gasteiger partial charge < -0.3 is 4.74 Å². The summed E-state index contributed by atoms with van der Waals surface area (Å²) in [5, 5.41) is 1.02. The van der Waals surface area contributed by atoms with E-state index < -0.39 is 6.61 Å². The molecule has 0 spiro atoms. The number of pyridine rings is 1. The van der Waals surface area contributed by atoms with Gasteiger partial charge in [0.2, 0.25) is 0 Å². The Morgan fingerprint density at radius 2 is 2.00 bits per heavy atom. The van der Waals surface area contributed by atoms with Crippen LogP contribution in [0.2, 0.25) is 10.0 Å². The van der Waals surface area contributed by atoms with E-state index in [2.05, 4.69) is 9.72 Å². The zero-order valence-electron chi connectivity index (χ0n) is 7.75. The maximum absolute atomic E-state index is 12.1. The van der Waals surface area contributed by atoms with Gasteiger partial charge in [-0.15, -0.1) is 0 Å². The molecule has 2 rings (SSSR count). The Morgan fingerprint density at radius 3 is 2.69 bits per heavy atom. The number of hydrogen-bond acceptors (Lipinski definition) is 2. The number of halogens is 4. The highest BCUT2D eigenvalue weighted by Gasteiger charge is 2.12. The van der Waals surface area contributed by atoms with E-state index in [1.165, 1.54) is 12.3 Å². The minimum absolute atomic E-state index is 0.0222. The smallest absolute Gasteiger partial charge is 0.387 e. The lowest BCUT2D eigenvalue weighted by molar-refractivity contribution is -0.0489. The summed E-state index contributed by atoms with van der Waals surface area (Å²) < 4.78 is 28.6.